The number of hydrogen-bond donors (Lipinski definition) is 0. The van der Waals surface area contributed by atoms with E-state index in [0.717, 1.165) is 29.7 Å². The molecule has 0 aromatic heterocycles. The number of nitriles is 1. The molecule has 2 rings (SSSR count). The predicted molar refractivity (Wildman–Crippen MR) is 99.9 cm³/mol. The Morgan fingerprint density at radius 1 is 0.833 bits per heavy atom. The number of nitrogens with zero attached hydrogens (tertiary/aromatic N) is 1. The van der Waals surface area contributed by atoms with Crippen LogP contribution in [-0.4, -0.2) is 13.7 Å². The highest BCUT2D eigenvalue weighted by Crippen LogP contribution is 2.24. The quantitative estimate of drug-likeness (QED) is 0.522. The molecule has 2 aromatic rings. The van der Waals surface area contributed by atoms with Gasteiger partial charge in [0.15, 0.2) is 0 Å². The first kappa shape index (κ1) is 18.2. The van der Waals surface area contributed by atoms with Crippen molar-refractivity contribution < 1.29 is 4.74 Å². The van der Waals surface area contributed by atoms with Gasteiger partial charge in [0.25, 0.3) is 0 Å². The Morgan fingerprint density at radius 3 is 2.21 bits per heavy atom. The number of methoxy groups -OCH3 is 1. The molecule has 2 nitrogen and oxygen atoms in total. The van der Waals surface area contributed by atoms with Crippen LogP contribution < -0.4 is 0 Å². The van der Waals surface area contributed by atoms with E-state index in [-0.39, 0.29) is 0 Å². The van der Waals surface area contributed by atoms with Crippen LogP contribution in [0.1, 0.15) is 49.7 Å². The van der Waals surface area contributed by atoms with Crippen molar-refractivity contribution in [2.75, 3.05) is 13.7 Å². The Morgan fingerprint density at radius 2 is 1.50 bits per heavy atom. The van der Waals surface area contributed by atoms with Crippen molar-refractivity contribution in [1.82, 2.24) is 0 Å². The molecule has 0 unspecified atom stereocenters. The molecule has 0 radical (unpaired) electrons. The minimum atomic E-state index is 0.735. The number of benzene rings is 2. The van der Waals surface area contributed by atoms with Gasteiger partial charge in [-0.05, 0) is 42.0 Å². The third kappa shape index (κ3) is 5.83. The average molecular weight is 321 g/mol. The van der Waals surface area contributed by atoms with Crippen molar-refractivity contribution >= 4 is 0 Å². The van der Waals surface area contributed by atoms with Crippen LogP contribution in [0.5, 0.6) is 0 Å². The molecule has 0 saturated heterocycles. The van der Waals surface area contributed by atoms with Gasteiger partial charge < -0.3 is 4.74 Å². The van der Waals surface area contributed by atoms with Crippen molar-refractivity contribution in [1.29, 1.82) is 5.26 Å². The minimum absolute atomic E-state index is 0.735. The lowest BCUT2D eigenvalue weighted by Gasteiger charge is -2.06. The molecule has 0 aliphatic rings. The molecule has 0 amide bonds. The van der Waals surface area contributed by atoms with E-state index in [9.17, 15) is 5.26 Å². The summed E-state index contributed by atoms with van der Waals surface area (Å²) in [6.45, 7) is 0.890. The van der Waals surface area contributed by atoms with Crippen LogP contribution in [-0.2, 0) is 11.2 Å². The maximum Gasteiger partial charge on any atom is 0.0998 e. The lowest BCUT2D eigenvalue weighted by molar-refractivity contribution is 0.192. The Kier molecular flexibility index (Phi) is 8.07. The van der Waals surface area contributed by atoms with Crippen molar-refractivity contribution in [3.63, 3.8) is 0 Å². The normalized spacial score (nSPS) is 10.5. The molecule has 0 bridgehead atoms. The van der Waals surface area contributed by atoms with E-state index < -0.39 is 0 Å². The largest absolute Gasteiger partial charge is 0.385 e. The average Bonchev–Trinajstić information content (AvgIpc) is 2.64. The molecule has 0 spiro atoms. The van der Waals surface area contributed by atoms with E-state index in [4.69, 9.17) is 4.74 Å². The van der Waals surface area contributed by atoms with Crippen LogP contribution in [0.4, 0.5) is 0 Å². The summed E-state index contributed by atoms with van der Waals surface area (Å²) >= 11 is 0. The van der Waals surface area contributed by atoms with Gasteiger partial charge in [-0.2, -0.15) is 5.26 Å². The summed E-state index contributed by atoms with van der Waals surface area (Å²) in [7, 11) is 1.77. The number of aryl methyl sites for hydroxylation is 1. The zero-order chi connectivity index (χ0) is 17.0. The maximum absolute atomic E-state index is 9.21. The van der Waals surface area contributed by atoms with Crippen LogP contribution >= 0.6 is 0 Å². The van der Waals surface area contributed by atoms with E-state index in [2.05, 4.69) is 30.3 Å². The molecular weight excluding hydrogens is 294 g/mol. The summed E-state index contributed by atoms with van der Waals surface area (Å²) in [5.41, 5.74) is 4.25. The van der Waals surface area contributed by atoms with Crippen molar-refractivity contribution in [2.45, 2.75) is 44.9 Å². The monoisotopic (exact) mass is 321 g/mol. The minimum Gasteiger partial charge on any atom is -0.385 e. The Hall–Kier alpha value is -2.11. The molecule has 0 atom stereocenters. The molecule has 0 saturated carbocycles. The van der Waals surface area contributed by atoms with Crippen molar-refractivity contribution in [2.24, 2.45) is 0 Å². The van der Waals surface area contributed by atoms with E-state index in [0.29, 0.717) is 0 Å². The van der Waals surface area contributed by atoms with Crippen LogP contribution in [0, 0.1) is 11.3 Å². The smallest absolute Gasteiger partial charge is 0.0998 e. The molecule has 2 heteroatoms. The van der Waals surface area contributed by atoms with Gasteiger partial charge in [-0.3, -0.25) is 0 Å². The SMILES string of the molecule is COCCCCCCCCc1ccc(-c2ccccc2C#N)cc1. The van der Waals surface area contributed by atoms with Gasteiger partial charge >= 0.3 is 0 Å². The van der Waals surface area contributed by atoms with Gasteiger partial charge in [0, 0.05) is 13.7 Å². The summed E-state index contributed by atoms with van der Waals surface area (Å²) in [4.78, 5) is 0. The highest BCUT2D eigenvalue weighted by Gasteiger charge is 2.03. The fourth-order valence-electron chi connectivity index (χ4n) is 2.97. The van der Waals surface area contributed by atoms with Crippen molar-refractivity contribution in [3.8, 4) is 17.2 Å². The van der Waals surface area contributed by atoms with Crippen molar-refractivity contribution in [3.05, 3.63) is 59.7 Å². The standard InChI is InChI=1S/C22H27NO/c1-24-17-9-5-3-2-4-6-10-19-13-15-20(16-14-19)22-12-8-7-11-21(22)18-23/h7-8,11-16H,2-6,9-10,17H2,1H3. The molecule has 0 N–H and O–H groups in total. The van der Waals surface area contributed by atoms with E-state index >= 15 is 0 Å². The Labute approximate surface area is 146 Å². The lowest BCUT2D eigenvalue weighted by Crippen LogP contribution is -1.90. The Bertz CT molecular complexity index is 640. The molecule has 24 heavy (non-hydrogen) atoms. The second kappa shape index (κ2) is 10.6. The summed E-state index contributed by atoms with van der Waals surface area (Å²) in [6, 6.07) is 18.7. The third-order valence-electron chi connectivity index (χ3n) is 4.38. The molecular formula is C22H27NO. The zero-order valence-corrected chi connectivity index (χ0v) is 14.6. The number of ether oxygens (including phenoxy) is 1. The zero-order valence-electron chi connectivity index (χ0n) is 14.6. The molecule has 0 aliphatic carbocycles. The summed E-state index contributed by atoms with van der Waals surface area (Å²) in [5, 5.41) is 9.21. The number of rotatable bonds is 10. The molecule has 0 fully saturated rings. The van der Waals surface area contributed by atoms with Gasteiger partial charge in [-0.15, -0.1) is 0 Å². The fourth-order valence-corrected chi connectivity index (χ4v) is 2.97. The summed E-state index contributed by atoms with van der Waals surface area (Å²) in [5.74, 6) is 0. The first-order valence-corrected chi connectivity index (χ1v) is 8.92. The van der Waals surface area contributed by atoms with Gasteiger partial charge in [0.1, 0.15) is 0 Å². The third-order valence-corrected chi connectivity index (χ3v) is 4.38. The highest BCUT2D eigenvalue weighted by molar-refractivity contribution is 5.70. The van der Waals surface area contributed by atoms with E-state index in [1.165, 1.54) is 44.1 Å². The summed E-state index contributed by atoms with van der Waals surface area (Å²) in [6.07, 6.45) is 8.77. The number of hydrogen-bond acceptors (Lipinski definition) is 2. The van der Waals surface area contributed by atoms with Crippen LogP contribution in [0.25, 0.3) is 11.1 Å². The van der Waals surface area contributed by atoms with Gasteiger partial charge in [0.05, 0.1) is 11.6 Å². The van der Waals surface area contributed by atoms with Crippen LogP contribution in [0.3, 0.4) is 0 Å². The second-order valence-electron chi connectivity index (χ2n) is 6.22. The lowest BCUT2D eigenvalue weighted by atomic mass is 9.98. The highest BCUT2D eigenvalue weighted by atomic mass is 16.5. The van der Waals surface area contributed by atoms with Gasteiger partial charge in [-0.25, -0.2) is 0 Å². The van der Waals surface area contributed by atoms with E-state index in [1.807, 2.05) is 24.3 Å². The molecule has 2 aromatic carbocycles. The first-order valence-electron chi connectivity index (χ1n) is 8.92. The number of unbranched alkanes of at least 4 members (excludes halogenated alkanes) is 5. The van der Waals surface area contributed by atoms with Crippen LogP contribution in [0.2, 0.25) is 0 Å². The maximum atomic E-state index is 9.21. The Balaban J connectivity index is 1.76. The first-order chi connectivity index (χ1) is 11.8. The second-order valence-corrected chi connectivity index (χ2v) is 6.22. The summed E-state index contributed by atoms with van der Waals surface area (Å²) < 4.78 is 5.07. The van der Waals surface area contributed by atoms with Gasteiger partial charge in [-0.1, -0.05) is 68.1 Å². The topological polar surface area (TPSA) is 33.0 Å². The van der Waals surface area contributed by atoms with Gasteiger partial charge in [0.2, 0.25) is 0 Å². The molecule has 0 aliphatic heterocycles. The van der Waals surface area contributed by atoms with E-state index in [1.54, 1.807) is 7.11 Å². The fraction of sp³-hybridized carbons (Fsp3) is 0.409. The predicted octanol–water partition coefficient (Wildman–Crippen LogP) is 5.75. The molecule has 126 valence electrons. The molecule has 0 heterocycles. The van der Waals surface area contributed by atoms with Crippen LogP contribution in [0.15, 0.2) is 48.5 Å².